The Morgan fingerprint density at radius 1 is 1.08 bits per heavy atom. The summed E-state index contributed by atoms with van der Waals surface area (Å²) in [4.78, 5) is 50.3. The highest BCUT2D eigenvalue weighted by atomic mass is 31.2. The lowest BCUT2D eigenvalue weighted by atomic mass is 9.99. The summed E-state index contributed by atoms with van der Waals surface area (Å²) in [5, 5.41) is 25.6. The number of esters is 2. The Hall–Kier alpha value is -2.39. The molecule has 0 aromatic carbocycles. The summed E-state index contributed by atoms with van der Waals surface area (Å²) < 4.78 is 36.3. The van der Waals surface area contributed by atoms with Gasteiger partial charge < -0.3 is 28.9 Å². The summed E-state index contributed by atoms with van der Waals surface area (Å²) in [7, 11) is -4.20. The van der Waals surface area contributed by atoms with Gasteiger partial charge in [0, 0.05) is 18.2 Å². The molecule has 2 rings (SSSR count). The van der Waals surface area contributed by atoms with E-state index in [-0.39, 0.29) is 0 Å². The van der Waals surface area contributed by atoms with Gasteiger partial charge in [0.15, 0.2) is 6.23 Å². The largest absolute Gasteiger partial charge is 0.462 e. The van der Waals surface area contributed by atoms with E-state index in [0.29, 0.717) is 0 Å². The third-order valence-corrected chi connectivity index (χ3v) is 7.38. The maximum Gasteiger partial charge on any atom is 0.342 e. The number of aromatic nitrogens is 2. The molecule has 216 valence electrons. The van der Waals surface area contributed by atoms with Gasteiger partial charge >= 0.3 is 25.3 Å². The molecule has 16 heteroatoms. The lowest BCUT2D eigenvalue weighted by Gasteiger charge is -2.28. The van der Waals surface area contributed by atoms with E-state index in [1.807, 2.05) is 4.98 Å². The van der Waals surface area contributed by atoms with Crippen molar-refractivity contribution in [2.45, 2.75) is 84.3 Å². The molecule has 1 aliphatic rings. The highest BCUT2D eigenvalue weighted by Crippen LogP contribution is 2.42. The number of H-pyrrole nitrogens is 1. The van der Waals surface area contributed by atoms with E-state index in [0.717, 1.165) is 16.8 Å². The summed E-state index contributed by atoms with van der Waals surface area (Å²) in [5.74, 6) is -2.42. The number of hydrogen-bond donors (Lipinski definition) is 5. The van der Waals surface area contributed by atoms with Crippen molar-refractivity contribution in [2.75, 3.05) is 13.2 Å². The van der Waals surface area contributed by atoms with Gasteiger partial charge in [-0.1, -0.05) is 0 Å². The highest BCUT2D eigenvalue weighted by Gasteiger charge is 2.46. The van der Waals surface area contributed by atoms with Crippen LogP contribution in [-0.2, 0) is 32.9 Å². The van der Waals surface area contributed by atoms with Crippen LogP contribution >= 0.6 is 7.67 Å². The number of hydrogen-bond acceptors (Lipinski definition) is 11. The van der Waals surface area contributed by atoms with E-state index in [9.17, 15) is 34.0 Å². The molecule has 0 amide bonds. The number of rotatable bonds is 13. The van der Waals surface area contributed by atoms with E-state index >= 15 is 0 Å². The molecule has 38 heavy (non-hydrogen) atoms. The molecule has 0 aliphatic carbocycles. The van der Waals surface area contributed by atoms with Gasteiger partial charge in [0.05, 0.1) is 31.5 Å². The van der Waals surface area contributed by atoms with Crippen molar-refractivity contribution < 1.29 is 43.1 Å². The van der Waals surface area contributed by atoms with E-state index in [1.165, 1.54) is 13.8 Å². The number of aliphatic hydroxyl groups excluding tert-OH is 2. The Bertz CT molecular complexity index is 1090. The fourth-order valence-electron chi connectivity index (χ4n) is 3.61. The second-order valence-corrected chi connectivity index (χ2v) is 11.3. The van der Waals surface area contributed by atoms with Crippen LogP contribution in [0.15, 0.2) is 21.9 Å². The van der Waals surface area contributed by atoms with Crippen LogP contribution in [-0.4, -0.2) is 81.4 Å². The summed E-state index contributed by atoms with van der Waals surface area (Å²) in [5.41, 5.74) is -1.49. The first kappa shape index (κ1) is 31.8. The van der Waals surface area contributed by atoms with Gasteiger partial charge in [-0.15, -0.1) is 0 Å². The first-order valence-electron chi connectivity index (χ1n) is 12.1. The zero-order chi connectivity index (χ0) is 28.8. The summed E-state index contributed by atoms with van der Waals surface area (Å²) in [6, 6.07) is -1.19. The van der Waals surface area contributed by atoms with Crippen molar-refractivity contribution in [3.8, 4) is 0 Å². The minimum atomic E-state index is -4.20. The van der Waals surface area contributed by atoms with E-state index in [4.69, 9.17) is 18.7 Å². The van der Waals surface area contributed by atoms with Crippen molar-refractivity contribution in [1.29, 1.82) is 0 Å². The fourth-order valence-corrected chi connectivity index (χ4v) is 5.42. The van der Waals surface area contributed by atoms with Crippen molar-refractivity contribution >= 4 is 19.6 Å². The fraction of sp³-hybridized carbons (Fsp3) is 0.727. The molecular formula is C22H37N4O11P. The van der Waals surface area contributed by atoms with E-state index < -0.39 is 92.7 Å². The molecule has 1 saturated heterocycles. The van der Waals surface area contributed by atoms with Gasteiger partial charge in [-0.05, 0) is 41.5 Å². The topological polar surface area (TPSA) is 208 Å². The standard InChI is InChI=1S/C22H37N4O11P/c1-11(2)35-20(30)13(5)24-38(33,25-14(6)21(31)36-12(3)4)34-10-16-15(9-27)18(29)19(37-16)26-8-7-17(28)23-22(26)32/h7-8,11-16,18-19,27,29H,9-10H2,1-6H3,(H,23,28,32)(H2,24,25,33)/t13-,14+,15-,16-,18-,19-,38-/m1/s1. The number of carbonyl (C=O) groups is 2. The van der Waals surface area contributed by atoms with Gasteiger partial charge in [-0.2, -0.15) is 0 Å². The molecule has 7 atom stereocenters. The van der Waals surface area contributed by atoms with Crippen LogP contribution in [0.3, 0.4) is 0 Å². The highest BCUT2D eigenvalue weighted by molar-refractivity contribution is 7.54. The molecule has 15 nitrogen and oxygen atoms in total. The van der Waals surface area contributed by atoms with Crippen LogP contribution in [0.2, 0.25) is 0 Å². The minimum Gasteiger partial charge on any atom is -0.462 e. The molecule has 5 N–H and O–H groups in total. The van der Waals surface area contributed by atoms with Crippen LogP contribution in [0.5, 0.6) is 0 Å². The molecular weight excluding hydrogens is 527 g/mol. The zero-order valence-electron chi connectivity index (χ0n) is 22.2. The first-order chi connectivity index (χ1) is 17.7. The van der Waals surface area contributed by atoms with Gasteiger partial charge in [0.2, 0.25) is 0 Å². The monoisotopic (exact) mass is 564 g/mol. The summed E-state index contributed by atoms with van der Waals surface area (Å²) >= 11 is 0. The average Bonchev–Trinajstić information content (AvgIpc) is 3.11. The smallest absolute Gasteiger partial charge is 0.342 e. The number of aromatic amines is 1. The maximum atomic E-state index is 13.8. The zero-order valence-corrected chi connectivity index (χ0v) is 23.0. The Labute approximate surface area is 219 Å². The van der Waals surface area contributed by atoms with Crippen LogP contribution in [0.1, 0.15) is 47.8 Å². The third kappa shape index (κ3) is 8.56. The molecule has 0 spiro atoms. The van der Waals surface area contributed by atoms with Crippen LogP contribution in [0.4, 0.5) is 0 Å². The van der Waals surface area contributed by atoms with Crippen LogP contribution in [0, 0.1) is 5.92 Å². The van der Waals surface area contributed by atoms with Gasteiger partial charge in [0.1, 0.15) is 18.2 Å². The second kappa shape index (κ2) is 13.6. The van der Waals surface area contributed by atoms with E-state index in [2.05, 4.69) is 10.2 Å². The molecule has 0 unspecified atom stereocenters. The normalized spacial score (nSPS) is 24.7. The lowest BCUT2D eigenvalue weighted by Crippen LogP contribution is -2.43. The number of aliphatic hydroxyl groups is 2. The number of ether oxygens (including phenoxy) is 3. The molecule has 1 aromatic heterocycles. The van der Waals surface area contributed by atoms with Crippen molar-refractivity contribution in [3.05, 3.63) is 33.1 Å². The Balaban J connectivity index is 2.24. The van der Waals surface area contributed by atoms with Crippen molar-refractivity contribution in [3.63, 3.8) is 0 Å². The van der Waals surface area contributed by atoms with Crippen LogP contribution < -0.4 is 21.4 Å². The molecule has 0 bridgehead atoms. The summed E-state index contributed by atoms with van der Waals surface area (Å²) in [6.45, 7) is 8.29. The number of nitrogens with one attached hydrogen (secondary N) is 3. The predicted molar refractivity (Wildman–Crippen MR) is 133 cm³/mol. The summed E-state index contributed by atoms with van der Waals surface area (Å²) in [6.07, 6.45) is -3.50. The molecule has 0 radical (unpaired) electrons. The van der Waals surface area contributed by atoms with Gasteiger partial charge in [-0.25, -0.2) is 15.0 Å². The number of carbonyl (C=O) groups excluding carboxylic acids is 2. The SMILES string of the molecule is CC(C)OC(=O)[C@H](C)N[P@@](=O)(N[C@H](C)C(=O)OC(C)C)OC[C@H]1O[C@@H](n2ccc(=O)[nH]c2=O)[C@H](O)[C@@H]1CO. The quantitative estimate of drug-likeness (QED) is 0.150. The van der Waals surface area contributed by atoms with Crippen molar-refractivity contribution in [2.24, 2.45) is 5.92 Å². The van der Waals surface area contributed by atoms with Gasteiger partial charge in [-0.3, -0.25) is 28.5 Å². The van der Waals surface area contributed by atoms with E-state index in [1.54, 1.807) is 27.7 Å². The molecule has 1 fully saturated rings. The first-order valence-corrected chi connectivity index (χ1v) is 13.8. The Morgan fingerprint density at radius 3 is 2.05 bits per heavy atom. The maximum absolute atomic E-state index is 13.8. The Morgan fingerprint density at radius 2 is 1.61 bits per heavy atom. The molecule has 0 saturated carbocycles. The lowest BCUT2D eigenvalue weighted by molar-refractivity contribution is -0.149. The predicted octanol–water partition coefficient (Wildman–Crippen LogP) is -0.612. The van der Waals surface area contributed by atoms with Crippen LogP contribution in [0.25, 0.3) is 0 Å². The molecule has 2 heterocycles. The molecule has 1 aliphatic heterocycles. The van der Waals surface area contributed by atoms with Crippen molar-refractivity contribution in [1.82, 2.24) is 19.7 Å². The third-order valence-electron chi connectivity index (χ3n) is 5.42. The second-order valence-electron chi connectivity index (χ2n) is 9.44. The van der Waals surface area contributed by atoms with Gasteiger partial charge in [0.25, 0.3) is 5.56 Å². The average molecular weight is 565 g/mol. The Kier molecular flexibility index (Phi) is 11.4. The number of nitrogens with zero attached hydrogens (tertiary/aromatic N) is 1. The minimum absolute atomic E-state index is 0.438. The molecule has 1 aromatic rings.